The molecular formula is C27H26N2O4. The zero-order chi connectivity index (χ0) is 23.0. The normalized spacial score (nSPS) is 14.1. The summed E-state index contributed by atoms with van der Waals surface area (Å²) in [6.07, 6.45) is 1.94. The van der Waals surface area contributed by atoms with Crippen molar-refractivity contribution in [2.24, 2.45) is 0 Å². The standard InChI is InChI=1S/C27H26N2O4/c30-25(28-24(21-11-5-2-6-12-21)17-20-9-3-1-4-10-20)19-33-27(32)22-13-7-14-23(18-22)29-16-8-15-26(29)31/h1-7,9-14,18,24H,8,15-17,19H2,(H,28,30). The van der Waals surface area contributed by atoms with Crippen molar-refractivity contribution in [3.8, 4) is 0 Å². The quantitative estimate of drug-likeness (QED) is 0.534. The van der Waals surface area contributed by atoms with Crippen LogP contribution < -0.4 is 10.2 Å². The number of carbonyl (C=O) groups is 3. The molecule has 1 aliphatic rings. The summed E-state index contributed by atoms with van der Waals surface area (Å²) >= 11 is 0. The van der Waals surface area contributed by atoms with Gasteiger partial charge in [-0.25, -0.2) is 4.79 Å². The fourth-order valence-corrected chi connectivity index (χ4v) is 3.96. The molecule has 3 aromatic rings. The third-order valence-electron chi connectivity index (χ3n) is 5.62. The van der Waals surface area contributed by atoms with Crippen LogP contribution in [0.2, 0.25) is 0 Å². The van der Waals surface area contributed by atoms with Gasteiger partial charge in [-0.2, -0.15) is 0 Å². The van der Waals surface area contributed by atoms with E-state index in [9.17, 15) is 14.4 Å². The maximum atomic E-state index is 12.6. The molecule has 0 saturated carbocycles. The zero-order valence-corrected chi connectivity index (χ0v) is 18.3. The highest BCUT2D eigenvalue weighted by molar-refractivity contribution is 5.97. The molecule has 33 heavy (non-hydrogen) atoms. The van der Waals surface area contributed by atoms with Gasteiger partial charge in [0.15, 0.2) is 6.61 Å². The van der Waals surface area contributed by atoms with Crippen LogP contribution in [0.15, 0.2) is 84.9 Å². The number of anilines is 1. The number of carbonyl (C=O) groups excluding carboxylic acids is 3. The largest absolute Gasteiger partial charge is 0.452 e. The fraction of sp³-hybridized carbons (Fsp3) is 0.222. The van der Waals surface area contributed by atoms with Crippen molar-refractivity contribution in [3.05, 3.63) is 102 Å². The Hall–Kier alpha value is -3.93. The maximum Gasteiger partial charge on any atom is 0.338 e. The van der Waals surface area contributed by atoms with Crippen molar-refractivity contribution in [2.75, 3.05) is 18.1 Å². The molecular weight excluding hydrogens is 416 g/mol. The van der Waals surface area contributed by atoms with E-state index >= 15 is 0 Å². The minimum atomic E-state index is -0.599. The highest BCUT2D eigenvalue weighted by atomic mass is 16.5. The first kappa shape index (κ1) is 22.3. The van der Waals surface area contributed by atoms with E-state index in [1.807, 2.05) is 60.7 Å². The van der Waals surface area contributed by atoms with Crippen LogP contribution in [0.3, 0.4) is 0 Å². The van der Waals surface area contributed by atoms with E-state index < -0.39 is 5.97 Å². The van der Waals surface area contributed by atoms with Crippen molar-refractivity contribution < 1.29 is 19.1 Å². The minimum Gasteiger partial charge on any atom is -0.452 e. The average molecular weight is 443 g/mol. The van der Waals surface area contributed by atoms with Gasteiger partial charge in [0, 0.05) is 18.7 Å². The lowest BCUT2D eigenvalue weighted by Gasteiger charge is -2.20. The molecule has 6 nitrogen and oxygen atoms in total. The predicted molar refractivity (Wildman–Crippen MR) is 126 cm³/mol. The van der Waals surface area contributed by atoms with Gasteiger partial charge < -0.3 is 15.0 Å². The van der Waals surface area contributed by atoms with E-state index in [2.05, 4.69) is 5.32 Å². The first-order chi connectivity index (χ1) is 16.1. The Morgan fingerprint density at radius 3 is 2.36 bits per heavy atom. The van der Waals surface area contributed by atoms with Crippen LogP contribution in [-0.4, -0.2) is 30.9 Å². The fourth-order valence-electron chi connectivity index (χ4n) is 3.96. The number of esters is 1. The number of benzene rings is 3. The third-order valence-corrected chi connectivity index (χ3v) is 5.62. The topological polar surface area (TPSA) is 75.7 Å². The molecule has 1 aliphatic heterocycles. The Bertz CT molecular complexity index is 1120. The first-order valence-electron chi connectivity index (χ1n) is 11.1. The summed E-state index contributed by atoms with van der Waals surface area (Å²) in [4.78, 5) is 38.8. The lowest BCUT2D eigenvalue weighted by atomic mass is 9.99. The highest BCUT2D eigenvalue weighted by Gasteiger charge is 2.23. The Kier molecular flexibility index (Phi) is 7.15. The lowest BCUT2D eigenvalue weighted by Crippen LogP contribution is -2.33. The number of nitrogens with one attached hydrogen (secondary N) is 1. The van der Waals surface area contributed by atoms with E-state index in [4.69, 9.17) is 4.74 Å². The first-order valence-corrected chi connectivity index (χ1v) is 11.1. The summed E-state index contributed by atoms with van der Waals surface area (Å²) in [5.41, 5.74) is 3.05. The minimum absolute atomic E-state index is 0.0465. The van der Waals surface area contributed by atoms with Gasteiger partial charge in [-0.3, -0.25) is 9.59 Å². The van der Waals surface area contributed by atoms with Gasteiger partial charge in [-0.05, 0) is 42.2 Å². The molecule has 168 valence electrons. The molecule has 0 bridgehead atoms. The van der Waals surface area contributed by atoms with Crippen molar-refractivity contribution in [2.45, 2.75) is 25.3 Å². The van der Waals surface area contributed by atoms with Crippen LogP contribution in [0.4, 0.5) is 5.69 Å². The van der Waals surface area contributed by atoms with E-state index in [0.29, 0.717) is 30.6 Å². The molecule has 0 radical (unpaired) electrons. The summed E-state index contributed by atoms with van der Waals surface area (Å²) in [6.45, 7) is 0.256. The Balaban J connectivity index is 1.38. The zero-order valence-electron chi connectivity index (χ0n) is 18.3. The average Bonchev–Trinajstić information content (AvgIpc) is 3.29. The van der Waals surface area contributed by atoms with Crippen LogP contribution in [0.5, 0.6) is 0 Å². The third kappa shape index (κ3) is 5.86. The van der Waals surface area contributed by atoms with Gasteiger partial charge in [0.05, 0.1) is 11.6 Å². The van der Waals surface area contributed by atoms with E-state index in [1.165, 1.54) is 0 Å². The van der Waals surface area contributed by atoms with Crippen LogP contribution in [-0.2, 0) is 20.7 Å². The Morgan fingerprint density at radius 2 is 1.67 bits per heavy atom. The summed E-state index contributed by atoms with van der Waals surface area (Å²) in [5.74, 6) is -0.928. The molecule has 1 unspecified atom stereocenters. The van der Waals surface area contributed by atoms with Gasteiger partial charge in [0.2, 0.25) is 5.91 Å². The number of ether oxygens (including phenoxy) is 1. The summed E-state index contributed by atoms with van der Waals surface area (Å²) in [5, 5.41) is 2.98. The second kappa shape index (κ2) is 10.6. The molecule has 0 aromatic heterocycles. The summed E-state index contributed by atoms with van der Waals surface area (Å²) < 4.78 is 5.27. The van der Waals surface area contributed by atoms with Crippen LogP contribution in [0, 0.1) is 0 Å². The number of rotatable bonds is 8. The highest BCUT2D eigenvalue weighted by Crippen LogP contribution is 2.23. The van der Waals surface area contributed by atoms with Crippen molar-refractivity contribution in [1.82, 2.24) is 5.32 Å². The van der Waals surface area contributed by atoms with Gasteiger partial charge in [0.1, 0.15) is 0 Å². The lowest BCUT2D eigenvalue weighted by molar-refractivity contribution is -0.125. The maximum absolute atomic E-state index is 12.6. The van der Waals surface area contributed by atoms with Gasteiger partial charge in [-0.1, -0.05) is 66.7 Å². The second-order valence-electron chi connectivity index (χ2n) is 8.00. The Labute approximate surface area is 193 Å². The number of nitrogens with zero attached hydrogens (tertiary/aromatic N) is 1. The molecule has 0 aliphatic carbocycles. The van der Waals surface area contributed by atoms with E-state index in [1.54, 1.807) is 29.2 Å². The molecule has 3 aromatic carbocycles. The van der Waals surface area contributed by atoms with Crippen molar-refractivity contribution >= 4 is 23.5 Å². The monoisotopic (exact) mass is 442 g/mol. The number of hydrogen-bond donors (Lipinski definition) is 1. The second-order valence-corrected chi connectivity index (χ2v) is 8.00. The molecule has 0 spiro atoms. The molecule has 6 heteroatoms. The molecule has 1 atom stereocenters. The molecule has 1 N–H and O–H groups in total. The van der Waals surface area contributed by atoms with Crippen LogP contribution >= 0.6 is 0 Å². The molecule has 1 fully saturated rings. The van der Waals surface area contributed by atoms with Crippen molar-refractivity contribution in [1.29, 1.82) is 0 Å². The van der Waals surface area contributed by atoms with Crippen LogP contribution in [0.25, 0.3) is 0 Å². The molecule has 2 amide bonds. The SMILES string of the molecule is O=C(COC(=O)c1cccc(N2CCCC2=O)c1)NC(Cc1ccccc1)c1ccccc1. The smallest absolute Gasteiger partial charge is 0.338 e. The Morgan fingerprint density at radius 1 is 0.939 bits per heavy atom. The molecule has 1 heterocycles. The van der Waals surface area contributed by atoms with E-state index in [-0.39, 0.29) is 24.5 Å². The van der Waals surface area contributed by atoms with Gasteiger partial charge in [0.25, 0.3) is 5.91 Å². The van der Waals surface area contributed by atoms with Gasteiger partial charge in [-0.15, -0.1) is 0 Å². The van der Waals surface area contributed by atoms with Gasteiger partial charge >= 0.3 is 5.97 Å². The number of hydrogen-bond acceptors (Lipinski definition) is 4. The van der Waals surface area contributed by atoms with Crippen molar-refractivity contribution in [3.63, 3.8) is 0 Å². The predicted octanol–water partition coefficient (Wildman–Crippen LogP) is 4.07. The summed E-state index contributed by atoms with van der Waals surface area (Å²) in [7, 11) is 0. The summed E-state index contributed by atoms with van der Waals surface area (Å²) in [6, 6.07) is 26.1. The molecule has 4 rings (SSSR count). The van der Waals surface area contributed by atoms with Crippen LogP contribution in [0.1, 0.15) is 40.4 Å². The van der Waals surface area contributed by atoms with E-state index in [0.717, 1.165) is 17.5 Å². The number of amides is 2. The molecule has 1 saturated heterocycles.